The molecule has 0 atom stereocenters. The number of hydrogen-bond acceptors (Lipinski definition) is 4. The summed E-state index contributed by atoms with van der Waals surface area (Å²) in [5, 5.41) is 2.75. The van der Waals surface area contributed by atoms with Gasteiger partial charge in [-0.15, -0.1) is 0 Å². The van der Waals surface area contributed by atoms with Crippen molar-refractivity contribution in [2.24, 2.45) is 0 Å². The van der Waals surface area contributed by atoms with Gasteiger partial charge in [0.05, 0.1) is 5.52 Å². The summed E-state index contributed by atoms with van der Waals surface area (Å²) >= 11 is 3.48. The van der Waals surface area contributed by atoms with Gasteiger partial charge < -0.3 is 20.4 Å². The van der Waals surface area contributed by atoms with Gasteiger partial charge in [0, 0.05) is 17.6 Å². The van der Waals surface area contributed by atoms with Crippen molar-refractivity contribution in [1.82, 2.24) is 14.9 Å². The molecule has 130 valence electrons. The van der Waals surface area contributed by atoms with E-state index >= 15 is 0 Å². The predicted molar refractivity (Wildman–Crippen MR) is 101 cm³/mol. The largest absolute Gasteiger partial charge is 0.445 e. The quantitative estimate of drug-likeness (QED) is 0.615. The van der Waals surface area contributed by atoms with Crippen molar-refractivity contribution in [2.45, 2.75) is 19.6 Å². The van der Waals surface area contributed by atoms with Crippen molar-refractivity contribution in [3.05, 3.63) is 58.6 Å². The molecular weight excluding hydrogens is 384 g/mol. The number of hydrogen-bond donors (Lipinski definition) is 2. The van der Waals surface area contributed by atoms with Crippen molar-refractivity contribution in [1.29, 1.82) is 0 Å². The summed E-state index contributed by atoms with van der Waals surface area (Å²) in [7, 11) is 0. The highest BCUT2D eigenvalue weighted by Gasteiger charge is 2.10. The number of aryl methyl sites for hydroxylation is 1. The second-order valence-corrected chi connectivity index (χ2v) is 6.43. The van der Waals surface area contributed by atoms with Gasteiger partial charge in [0.1, 0.15) is 12.1 Å². The zero-order valence-corrected chi connectivity index (χ0v) is 15.2. The van der Waals surface area contributed by atoms with Crippen LogP contribution in [0.1, 0.15) is 12.0 Å². The van der Waals surface area contributed by atoms with Gasteiger partial charge in [-0.2, -0.15) is 0 Å². The van der Waals surface area contributed by atoms with Crippen LogP contribution >= 0.6 is 15.9 Å². The maximum atomic E-state index is 11.7. The fraction of sp³-hybridized carbons (Fsp3) is 0.222. The molecule has 25 heavy (non-hydrogen) atoms. The number of para-hydroxylation sites is 1. The third kappa shape index (κ3) is 4.30. The fourth-order valence-electron chi connectivity index (χ4n) is 2.57. The average molecular weight is 403 g/mol. The number of ether oxygens (including phenoxy) is 1. The summed E-state index contributed by atoms with van der Waals surface area (Å²) in [5.74, 6) is 0.466. The van der Waals surface area contributed by atoms with Gasteiger partial charge in [0.25, 0.3) is 0 Å². The van der Waals surface area contributed by atoms with Crippen LogP contribution in [0.25, 0.3) is 11.0 Å². The van der Waals surface area contributed by atoms with Gasteiger partial charge in [0.2, 0.25) is 5.95 Å². The Hall–Kier alpha value is -2.54. The molecule has 0 aliphatic heterocycles. The number of fused-ring (bicyclic) bond motifs is 1. The molecule has 0 radical (unpaired) electrons. The van der Waals surface area contributed by atoms with Gasteiger partial charge in [-0.1, -0.05) is 36.4 Å². The Morgan fingerprint density at radius 3 is 2.80 bits per heavy atom. The third-order valence-corrected chi connectivity index (χ3v) is 4.44. The molecule has 3 aromatic rings. The average Bonchev–Trinajstić information content (AvgIpc) is 2.95. The molecule has 1 aromatic heterocycles. The number of nitrogens with two attached hydrogens (primary N) is 1. The van der Waals surface area contributed by atoms with E-state index in [0.717, 1.165) is 27.5 Å². The van der Waals surface area contributed by atoms with E-state index in [-0.39, 0.29) is 6.61 Å². The van der Waals surface area contributed by atoms with Crippen LogP contribution in [0.15, 0.2) is 53.0 Å². The second-order valence-electron chi connectivity index (χ2n) is 5.57. The van der Waals surface area contributed by atoms with E-state index in [9.17, 15) is 4.79 Å². The van der Waals surface area contributed by atoms with Crippen molar-refractivity contribution in [3.8, 4) is 0 Å². The number of aromatic nitrogens is 2. The Morgan fingerprint density at radius 1 is 1.20 bits per heavy atom. The molecule has 0 fully saturated rings. The smallest absolute Gasteiger partial charge is 0.407 e. The molecule has 0 unspecified atom stereocenters. The molecule has 1 heterocycles. The standard InChI is InChI=1S/C18H19BrN4O2/c19-14-8-4-9-15-16(14)22-17(20)23(15)11-5-10-21-18(24)25-12-13-6-2-1-3-7-13/h1-4,6-9H,5,10-12H2,(H2,20,22)(H,21,24). The number of nitrogens with one attached hydrogen (secondary N) is 1. The Morgan fingerprint density at radius 2 is 2.00 bits per heavy atom. The first-order valence-corrected chi connectivity index (χ1v) is 8.79. The van der Waals surface area contributed by atoms with Gasteiger partial charge in [-0.3, -0.25) is 0 Å². The molecule has 7 heteroatoms. The lowest BCUT2D eigenvalue weighted by Crippen LogP contribution is -2.26. The molecule has 0 spiro atoms. The maximum Gasteiger partial charge on any atom is 0.407 e. The normalized spacial score (nSPS) is 10.8. The number of rotatable bonds is 6. The van der Waals surface area contributed by atoms with Gasteiger partial charge in [-0.25, -0.2) is 9.78 Å². The summed E-state index contributed by atoms with van der Waals surface area (Å²) in [6.07, 6.45) is 0.304. The van der Waals surface area contributed by atoms with Crippen molar-refractivity contribution < 1.29 is 9.53 Å². The maximum absolute atomic E-state index is 11.7. The van der Waals surface area contributed by atoms with Crippen LogP contribution in [0.4, 0.5) is 10.7 Å². The van der Waals surface area contributed by atoms with Crippen LogP contribution < -0.4 is 11.1 Å². The van der Waals surface area contributed by atoms with Gasteiger partial charge in [-0.05, 0) is 40.0 Å². The minimum Gasteiger partial charge on any atom is -0.445 e. The number of carbonyl (C=O) groups is 1. The number of anilines is 1. The number of amides is 1. The highest BCUT2D eigenvalue weighted by atomic mass is 79.9. The van der Waals surface area contributed by atoms with Crippen LogP contribution in [-0.2, 0) is 17.9 Å². The predicted octanol–water partition coefficient (Wildman–Crippen LogP) is 3.70. The van der Waals surface area contributed by atoms with Crippen molar-refractivity contribution >= 4 is 39.0 Å². The van der Waals surface area contributed by atoms with Crippen molar-refractivity contribution in [2.75, 3.05) is 12.3 Å². The molecule has 0 bridgehead atoms. The molecule has 0 aliphatic rings. The van der Waals surface area contributed by atoms with Crippen LogP contribution in [0.3, 0.4) is 0 Å². The lowest BCUT2D eigenvalue weighted by atomic mass is 10.2. The number of alkyl carbamates (subject to hydrolysis) is 1. The minimum absolute atomic E-state index is 0.264. The van der Waals surface area contributed by atoms with Crippen LogP contribution in [-0.4, -0.2) is 22.2 Å². The first-order chi connectivity index (χ1) is 12.1. The summed E-state index contributed by atoms with van der Waals surface area (Å²) < 4.78 is 8.03. The molecule has 0 saturated heterocycles. The first kappa shape index (κ1) is 17.3. The van der Waals surface area contributed by atoms with Crippen LogP contribution in [0, 0.1) is 0 Å². The van der Waals surface area contributed by atoms with E-state index in [1.807, 2.05) is 53.1 Å². The van der Waals surface area contributed by atoms with E-state index < -0.39 is 6.09 Å². The van der Waals surface area contributed by atoms with Gasteiger partial charge in [0.15, 0.2) is 0 Å². The van der Waals surface area contributed by atoms with E-state index in [4.69, 9.17) is 10.5 Å². The first-order valence-electron chi connectivity index (χ1n) is 8.00. The lowest BCUT2D eigenvalue weighted by Gasteiger charge is -2.09. The number of carbonyl (C=O) groups excluding carboxylic acids is 1. The fourth-order valence-corrected chi connectivity index (χ4v) is 3.01. The van der Waals surface area contributed by atoms with Crippen LogP contribution in [0.5, 0.6) is 0 Å². The highest BCUT2D eigenvalue weighted by Crippen LogP contribution is 2.25. The molecule has 0 saturated carbocycles. The Bertz CT molecular complexity index is 864. The number of nitrogens with zero attached hydrogens (tertiary/aromatic N) is 2. The van der Waals surface area contributed by atoms with Gasteiger partial charge >= 0.3 is 6.09 Å². The summed E-state index contributed by atoms with van der Waals surface area (Å²) in [4.78, 5) is 16.1. The summed E-state index contributed by atoms with van der Waals surface area (Å²) in [6.45, 7) is 1.43. The minimum atomic E-state index is -0.421. The van der Waals surface area contributed by atoms with E-state index in [2.05, 4.69) is 26.2 Å². The topological polar surface area (TPSA) is 82.2 Å². The number of imidazole rings is 1. The molecule has 6 nitrogen and oxygen atoms in total. The Kier molecular flexibility index (Phi) is 5.55. The Labute approximate surface area is 154 Å². The molecule has 3 rings (SSSR count). The Balaban J connectivity index is 1.46. The summed E-state index contributed by atoms with van der Waals surface area (Å²) in [5.41, 5.74) is 8.77. The SMILES string of the molecule is Nc1nc2c(Br)cccc2n1CCCNC(=O)OCc1ccccc1. The van der Waals surface area contributed by atoms with Crippen molar-refractivity contribution in [3.63, 3.8) is 0 Å². The monoisotopic (exact) mass is 402 g/mol. The number of halogens is 1. The lowest BCUT2D eigenvalue weighted by molar-refractivity contribution is 0.139. The molecule has 0 aliphatic carbocycles. The van der Waals surface area contributed by atoms with E-state index in [1.54, 1.807) is 0 Å². The zero-order valence-electron chi connectivity index (χ0n) is 13.6. The summed E-state index contributed by atoms with van der Waals surface area (Å²) in [6, 6.07) is 15.4. The zero-order chi connectivity index (χ0) is 17.6. The van der Waals surface area contributed by atoms with E-state index in [1.165, 1.54) is 0 Å². The number of benzene rings is 2. The molecule has 2 aromatic carbocycles. The van der Waals surface area contributed by atoms with E-state index in [0.29, 0.717) is 19.0 Å². The third-order valence-electron chi connectivity index (χ3n) is 3.80. The molecule has 1 amide bonds. The molecule has 3 N–H and O–H groups in total. The number of nitrogen functional groups attached to an aromatic ring is 1. The molecular formula is C18H19BrN4O2. The second kappa shape index (κ2) is 8.02. The van der Waals surface area contributed by atoms with Crippen LogP contribution in [0.2, 0.25) is 0 Å². The highest BCUT2D eigenvalue weighted by molar-refractivity contribution is 9.10.